The van der Waals surface area contributed by atoms with Gasteiger partial charge in [-0.25, -0.2) is 4.79 Å². The van der Waals surface area contributed by atoms with Crippen LogP contribution < -0.4 is 0 Å². The Balaban J connectivity index is 2.22. The predicted molar refractivity (Wildman–Crippen MR) is 69.9 cm³/mol. The number of carbonyl (C=O) groups excluding carboxylic acids is 1. The number of benzene rings is 1. The fourth-order valence-corrected chi connectivity index (χ4v) is 2.50. The highest BCUT2D eigenvalue weighted by Crippen LogP contribution is 2.35. The first-order valence-electron chi connectivity index (χ1n) is 6.15. The summed E-state index contributed by atoms with van der Waals surface area (Å²) in [5.41, 5.74) is 1.78. The summed E-state index contributed by atoms with van der Waals surface area (Å²) in [6, 6.07) is 11.8. The van der Waals surface area contributed by atoms with Crippen LogP contribution >= 0.6 is 0 Å². The summed E-state index contributed by atoms with van der Waals surface area (Å²) >= 11 is 0. The topological polar surface area (TPSA) is 40.5 Å². The van der Waals surface area contributed by atoms with E-state index < -0.39 is 5.60 Å². The van der Waals surface area contributed by atoms with E-state index in [0.717, 1.165) is 16.9 Å². The van der Waals surface area contributed by atoms with Gasteiger partial charge in [-0.3, -0.25) is 0 Å². The zero-order chi connectivity index (χ0) is 13.5. The molecule has 0 radical (unpaired) electrons. The molecule has 2 heterocycles. The third kappa shape index (κ3) is 1.68. The number of fused-ring (bicyclic) bond motifs is 3. The lowest BCUT2D eigenvalue weighted by atomic mass is 10.0. The van der Waals surface area contributed by atoms with Crippen LogP contribution in [-0.2, 0) is 26.5 Å². The molecular weight excluding hydrogens is 242 g/mol. The van der Waals surface area contributed by atoms with Crippen molar-refractivity contribution in [1.82, 2.24) is 4.57 Å². The molecule has 1 aliphatic heterocycles. The van der Waals surface area contributed by atoms with Crippen LogP contribution in [0.25, 0.3) is 5.69 Å². The van der Waals surface area contributed by atoms with E-state index in [1.807, 2.05) is 47.2 Å². The first-order chi connectivity index (χ1) is 9.16. The SMILES string of the molecule is COC(=O)C1(C)OCc2ccccc2-n2cccc21. The molecule has 0 amide bonds. The van der Waals surface area contributed by atoms with Gasteiger partial charge in [0.2, 0.25) is 5.60 Å². The van der Waals surface area contributed by atoms with Crippen molar-refractivity contribution in [2.75, 3.05) is 7.11 Å². The van der Waals surface area contributed by atoms with Crippen LogP contribution in [0, 0.1) is 0 Å². The average Bonchev–Trinajstić information content (AvgIpc) is 2.90. The molecule has 0 bridgehead atoms. The molecule has 1 atom stereocenters. The van der Waals surface area contributed by atoms with Gasteiger partial charge in [-0.2, -0.15) is 0 Å². The standard InChI is InChI=1S/C15H15NO3/c1-15(14(17)18-2)13-8-5-9-16(13)12-7-4-3-6-11(12)10-19-15/h3-9H,10H2,1-2H3. The van der Waals surface area contributed by atoms with Gasteiger partial charge in [-0.15, -0.1) is 0 Å². The number of nitrogens with zero attached hydrogens (tertiary/aromatic N) is 1. The first-order valence-corrected chi connectivity index (χ1v) is 6.15. The van der Waals surface area contributed by atoms with E-state index in [4.69, 9.17) is 9.47 Å². The second kappa shape index (κ2) is 4.24. The molecule has 1 aliphatic rings. The lowest BCUT2D eigenvalue weighted by Gasteiger charge is -2.25. The van der Waals surface area contributed by atoms with Gasteiger partial charge in [0.05, 0.1) is 25.1 Å². The maximum absolute atomic E-state index is 12.1. The van der Waals surface area contributed by atoms with Crippen molar-refractivity contribution in [3.05, 3.63) is 53.9 Å². The molecule has 1 aromatic carbocycles. The normalized spacial score (nSPS) is 21.2. The molecule has 0 saturated heterocycles. The molecule has 0 aliphatic carbocycles. The molecule has 2 aromatic rings. The zero-order valence-electron chi connectivity index (χ0n) is 10.9. The summed E-state index contributed by atoms with van der Waals surface area (Å²) < 4.78 is 12.7. The average molecular weight is 257 g/mol. The van der Waals surface area contributed by atoms with Gasteiger partial charge in [0.1, 0.15) is 0 Å². The Kier molecular flexibility index (Phi) is 2.68. The fourth-order valence-electron chi connectivity index (χ4n) is 2.50. The zero-order valence-corrected chi connectivity index (χ0v) is 10.9. The quantitative estimate of drug-likeness (QED) is 0.736. The van der Waals surface area contributed by atoms with E-state index in [2.05, 4.69) is 0 Å². The molecule has 1 aromatic heterocycles. The number of ether oxygens (including phenoxy) is 2. The molecular formula is C15H15NO3. The maximum Gasteiger partial charge on any atom is 0.344 e. The van der Waals surface area contributed by atoms with Crippen molar-refractivity contribution in [2.24, 2.45) is 0 Å². The van der Waals surface area contributed by atoms with E-state index in [1.165, 1.54) is 7.11 Å². The number of hydrogen-bond donors (Lipinski definition) is 0. The van der Waals surface area contributed by atoms with Crippen molar-refractivity contribution < 1.29 is 14.3 Å². The Hall–Kier alpha value is -2.07. The van der Waals surface area contributed by atoms with Crippen molar-refractivity contribution in [3.8, 4) is 5.69 Å². The number of hydrogen-bond acceptors (Lipinski definition) is 3. The monoisotopic (exact) mass is 257 g/mol. The number of aromatic nitrogens is 1. The molecule has 3 rings (SSSR count). The van der Waals surface area contributed by atoms with Crippen LogP contribution in [0.4, 0.5) is 0 Å². The Labute approximate surface area is 111 Å². The van der Waals surface area contributed by atoms with Gasteiger partial charge in [-0.05, 0) is 25.1 Å². The highest BCUT2D eigenvalue weighted by molar-refractivity contribution is 5.81. The summed E-state index contributed by atoms with van der Waals surface area (Å²) in [6.45, 7) is 2.12. The van der Waals surface area contributed by atoms with Crippen molar-refractivity contribution >= 4 is 5.97 Å². The minimum atomic E-state index is -1.09. The van der Waals surface area contributed by atoms with Gasteiger partial charge >= 0.3 is 5.97 Å². The fraction of sp³-hybridized carbons (Fsp3) is 0.267. The number of carbonyl (C=O) groups is 1. The van der Waals surface area contributed by atoms with E-state index >= 15 is 0 Å². The van der Waals surface area contributed by atoms with Crippen molar-refractivity contribution in [3.63, 3.8) is 0 Å². The lowest BCUT2D eigenvalue weighted by molar-refractivity contribution is -0.171. The predicted octanol–water partition coefficient (Wildman–Crippen LogP) is 2.40. The Morgan fingerprint density at radius 1 is 1.32 bits per heavy atom. The van der Waals surface area contributed by atoms with Gasteiger partial charge in [0.25, 0.3) is 0 Å². The minimum absolute atomic E-state index is 0.378. The Bertz CT molecular complexity index is 632. The molecule has 4 heteroatoms. The molecule has 1 unspecified atom stereocenters. The van der Waals surface area contributed by atoms with Crippen LogP contribution in [0.1, 0.15) is 18.2 Å². The van der Waals surface area contributed by atoms with Crippen molar-refractivity contribution in [2.45, 2.75) is 19.1 Å². The van der Waals surface area contributed by atoms with E-state index in [0.29, 0.717) is 6.61 Å². The molecule has 4 nitrogen and oxygen atoms in total. The smallest absolute Gasteiger partial charge is 0.344 e. The highest BCUT2D eigenvalue weighted by atomic mass is 16.6. The van der Waals surface area contributed by atoms with Crippen LogP contribution in [-0.4, -0.2) is 17.6 Å². The van der Waals surface area contributed by atoms with E-state index in [9.17, 15) is 4.79 Å². The number of para-hydroxylation sites is 1. The van der Waals surface area contributed by atoms with E-state index in [1.54, 1.807) is 6.92 Å². The molecule has 98 valence electrons. The van der Waals surface area contributed by atoms with Gasteiger partial charge in [0, 0.05) is 11.8 Å². The first kappa shape index (κ1) is 12.0. The molecule has 0 fully saturated rings. The Morgan fingerprint density at radius 2 is 2.11 bits per heavy atom. The minimum Gasteiger partial charge on any atom is -0.467 e. The third-order valence-electron chi connectivity index (χ3n) is 3.58. The summed E-state index contributed by atoms with van der Waals surface area (Å²) in [4.78, 5) is 12.1. The third-order valence-corrected chi connectivity index (χ3v) is 3.58. The molecule has 0 N–H and O–H groups in total. The second-order valence-corrected chi connectivity index (χ2v) is 4.71. The highest BCUT2D eigenvalue weighted by Gasteiger charge is 2.42. The number of methoxy groups -OCH3 is 1. The van der Waals surface area contributed by atoms with Gasteiger partial charge in [0.15, 0.2) is 0 Å². The lowest BCUT2D eigenvalue weighted by Crippen LogP contribution is -2.37. The van der Waals surface area contributed by atoms with Crippen LogP contribution in [0.2, 0.25) is 0 Å². The van der Waals surface area contributed by atoms with Crippen LogP contribution in [0.5, 0.6) is 0 Å². The Morgan fingerprint density at radius 3 is 2.89 bits per heavy atom. The molecule has 19 heavy (non-hydrogen) atoms. The number of rotatable bonds is 1. The summed E-state index contributed by atoms with van der Waals surface area (Å²) in [5.74, 6) is -0.389. The van der Waals surface area contributed by atoms with Crippen LogP contribution in [0.15, 0.2) is 42.6 Å². The van der Waals surface area contributed by atoms with Crippen LogP contribution in [0.3, 0.4) is 0 Å². The molecule has 0 saturated carbocycles. The second-order valence-electron chi connectivity index (χ2n) is 4.71. The molecule has 0 spiro atoms. The van der Waals surface area contributed by atoms with Gasteiger partial charge < -0.3 is 14.0 Å². The summed E-state index contributed by atoms with van der Waals surface area (Å²) in [6.07, 6.45) is 1.93. The summed E-state index contributed by atoms with van der Waals surface area (Å²) in [7, 11) is 1.38. The van der Waals surface area contributed by atoms with E-state index in [-0.39, 0.29) is 5.97 Å². The van der Waals surface area contributed by atoms with Gasteiger partial charge in [-0.1, -0.05) is 18.2 Å². The summed E-state index contributed by atoms with van der Waals surface area (Å²) in [5, 5.41) is 0. The number of esters is 1. The largest absolute Gasteiger partial charge is 0.467 e. The maximum atomic E-state index is 12.1. The van der Waals surface area contributed by atoms with Crippen molar-refractivity contribution in [1.29, 1.82) is 0 Å².